The second-order valence-corrected chi connectivity index (χ2v) is 5.00. The highest BCUT2D eigenvalue weighted by Crippen LogP contribution is 2.11. The van der Waals surface area contributed by atoms with E-state index in [9.17, 15) is 9.59 Å². The van der Waals surface area contributed by atoms with E-state index in [1.54, 1.807) is 12.1 Å². The van der Waals surface area contributed by atoms with Crippen LogP contribution in [0.15, 0.2) is 54.9 Å². The van der Waals surface area contributed by atoms with Crippen molar-refractivity contribution in [2.75, 3.05) is 5.32 Å². The number of carbonyl (C=O) groups excluding carboxylic acids is 1. The number of rotatable bonds is 7. The van der Waals surface area contributed by atoms with Gasteiger partial charge >= 0.3 is 5.97 Å². The van der Waals surface area contributed by atoms with Gasteiger partial charge in [0.1, 0.15) is 6.54 Å². The number of anilines is 1. The fraction of sp³-hybridized carbons (Fsp3) is 0.235. The van der Waals surface area contributed by atoms with Crippen molar-refractivity contribution in [1.82, 2.24) is 0 Å². The predicted molar refractivity (Wildman–Crippen MR) is 82.5 cm³/mol. The maximum Gasteiger partial charge on any atom is 0.335 e. The number of hydrogen-bond donors (Lipinski definition) is 2. The largest absolute Gasteiger partial charge is 1.00 e. The minimum Gasteiger partial charge on any atom is -1.00 e. The summed E-state index contributed by atoms with van der Waals surface area (Å²) in [7, 11) is 0. The normalized spacial score (nSPS) is 9.74. The highest BCUT2D eigenvalue weighted by Gasteiger charge is 2.07. The molecule has 0 aliphatic rings. The summed E-state index contributed by atoms with van der Waals surface area (Å²) in [4.78, 5) is 22.7. The van der Waals surface area contributed by atoms with Crippen molar-refractivity contribution in [2.45, 2.75) is 25.8 Å². The second kappa shape index (κ2) is 9.74. The highest BCUT2D eigenvalue weighted by atomic mass is 79.9. The first-order chi connectivity index (χ1) is 10.6. The predicted octanol–water partition coefficient (Wildman–Crippen LogP) is -0.515. The number of carbonyl (C=O) groups is 2. The summed E-state index contributed by atoms with van der Waals surface area (Å²) in [5, 5.41) is 11.6. The first-order valence-corrected chi connectivity index (χ1v) is 7.22. The first-order valence-electron chi connectivity index (χ1n) is 7.22. The lowest BCUT2D eigenvalue weighted by Crippen LogP contribution is -3.00. The van der Waals surface area contributed by atoms with Crippen LogP contribution in [0.3, 0.4) is 0 Å². The number of hydrogen-bond acceptors (Lipinski definition) is 2. The molecule has 0 aliphatic carbocycles. The second-order valence-electron chi connectivity index (χ2n) is 5.00. The third-order valence-electron chi connectivity index (χ3n) is 3.24. The summed E-state index contributed by atoms with van der Waals surface area (Å²) in [5.74, 6) is -1.10. The van der Waals surface area contributed by atoms with Crippen molar-refractivity contribution in [3.8, 4) is 0 Å². The molecule has 0 saturated carbocycles. The average Bonchev–Trinajstić information content (AvgIpc) is 2.53. The molecule has 0 saturated heterocycles. The summed E-state index contributed by atoms with van der Waals surface area (Å²) in [5.41, 5.74) is 0.681. The summed E-state index contributed by atoms with van der Waals surface area (Å²) in [6, 6.07) is 12.2. The van der Waals surface area contributed by atoms with Crippen molar-refractivity contribution in [3.05, 3.63) is 60.4 Å². The van der Waals surface area contributed by atoms with E-state index in [-0.39, 0.29) is 28.5 Å². The molecule has 0 atom stereocenters. The number of aryl methyl sites for hydroxylation is 1. The molecule has 0 radical (unpaired) electrons. The van der Waals surface area contributed by atoms with Gasteiger partial charge < -0.3 is 27.4 Å². The molecule has 0 spiro atoms. The fourth-order valence-electron chi connectivity index (χ4n) is 2.12. The third-order valence-corrected chi connectivity index (χ3v) is 3.24. The van der Waals surface area contributed by atoms with Crippen LogP contribution in [0.25, 0.3) is 0 Å². The van der Waals surface area contributed by atoms with Crippen molar-refractivity contribution < 1.29 is 36.2 Å². The molecular weight excluding hydrogens is 360 g/mol. The number of benzene rings is 1. The molecule has 5 nitrogen and oxygen atoms in total. The number of pyridine rings is 1. The van der Waals surface area contributed by atoms with Gasteiger partial charge in [-0.05, 0) is 24.6 Å². The Bertz CT molecular complexity index is 647. The summed E-state index contributed by atoms with van der Waals surface area (Å²) >= 11 is 0. The molecule has 1 amide bonds. The summed E-state index contributed by atoms with van der Waals surface area (Å²) in [6.45, 7) is 0.878. The number of nitrogens with one attached hydrogen (secondary N) is 1. The Morgan fingerprint density at radius 2 is 1.78 bits per heavy atom. The lowest BCUT2D eigenvalue weighted by Gasteiger charge is -2.05. The smallest absolute Gasteiger partial charge is 0.335 e. The van der Waals surface area contributed by atoms with Crippen LogP contribution in [0.4, 0.5) is 5.69 Å². The molecule has 1 aromatic heterocycles. The minimum atomic E-state index is -1.00. The molecule has 2 rings (SSSR count). The van der Waals surface area contributed by atoms with Gasteiger partial charge in [-0.25, -0.2) is 9.36 Å². The van der Waals surface area contributed by atoms with Gasteiger partial charge in [0.2, 0.25) is 5.91 Å². The van der Waals surface area contributed by atoms with Crippen LogP contribution in [0.2, 0.25) is 0 Å². The first kappa shape index (κ1) is 18.8. The van der Waals surface area contributed by atoms with Crippen molar-refractivity contribution in [3.63, 3.8) is 0 Å². The van der Waals surface area contributed by atoms with Gasteiger partial charge in [0.15, 0.2) is 12.4 Å². The van der Waals surface area contributed by atoms with Gasteiger partial charge in [-0.3, -0.25) is 4.79 Å². The van der Waals surface area contributed by atoms with Gasteiger partial charge in [-0.15, -0.1) is 0 Å². The van der Waals surface area contributed by atoms with E-state index in [1.165, 1.54) is 12.1 Å². The molecule has 1 heterocycles. The van der Waals surface area contributed by atoms with Crippen LogP contribution >= 0.6 is 0 Å². The Balaban J connectivity index is 0.00000264. The van der Waals surface area contributed by atoms with Gasteiger partial charge in [0, 0.05) is 30.7 Å². The zero-order chi connectivity index (χ0) is 15.8. The maximum absolute atomic E-state index is 11.8. The van der Waals surface area contributed by atoms with Gasteiger partial charge in [0.25, 0.3) is 0 Å². The number of halogens is 1. The number of carboxylic acid groups (broad SMARTS) is 1. The number of aromatic nitrogens is 1. The van der Waals surface area contributed by atoms with E-state index in [0.717, 1.165) is 19.4 Å². The van der Waals surface area contributed by atoms with Gasteiger partial charge in [0.05, 0.1) is 5.56 Å². The van der Waals surface area contributed by atoms with Gasteiger partial charge in [-0.2, -0.15) is 0 Å². The SMILES string of the molecule is O=C(CCCC[n+]1ccccc1)Nc1cccc(C(=O)O)c1.[Br-]. The molecule has 0 fully saturated rings. The Morgan fingerprint density at radius 1 is 1.04 bits per heavy atom. The molecule has 0 bridgehead atoms. The molecule has 0 aliphatic heterocycles. The van der Waals surface area contributed by atoms with E-state index in [4.69, 9.17) is 5.11 Å². The van der Waals surface area contributed by atoms with Crippen LogP contribution in [0.5, 0.6) is 0 Å². The lowest BCUT2D eigenvalue weighted by atomic mass is 10.2. The lowest BCUT2D eigenvalue weighted by molar-refractivity contribution is -0.697. The van der Waals surface area contributed by atoms with E-state index in [0.29, 0.717) is 12.1 Å². The van der Waals surface area contributed by atoms with Crippen LogP contribution in [-0.2, 0) is 11.3 Å². The average molecular weight is 379 g/mol. The molecule has 0 unspecified atom stereocenters. The molecule has 23 heavy (non-hydrogen) atoms. The van der Waals surface area contributed by atoms with Crippen molar-refractivity contribution in [2.24, 2.45) is 0 Å². The molecular formula is C17H19BrN2O3. The summed E-state index contributed by atoms with van der Waals surface area (Å²) < 4.78 is 2.08. The van der Waals surface area contributed by atoms with E-state index in [1.807, 2.05) is 30.6 Å². The molecule has 6 heteroatoms. The number of unbranched alkanes of at least 4 members (excludes halogenated alkanes) is 1. The summed E-state index contributed by atoms with van der Waals surface area (Å²) in [6.07, 6.45) is 6.11. The Hall–Kier alpha value is -2.21. The van der Waals surface area contributed by atoms with E-state index >= 15 is 0 Å². The molecule has 2 N–H and O–H groups in total. The number of carboxylic acids is 1. The van der Waals surface area contributed by atoms with Crippen LogP contribution < -0.4 is 26.9 Å². The zero-order valence-electron chi connectivity index (χ0n) is 12.6. The molecule has 1 aromatic carbocycles. The standard InChI is InChI=1S/C17H18N2O3.BrH/c20-16(9-2-5-12-19-10-3-1-4-11-19)18-15-8-6-7-14(13-15)17(21)22;/h1,3-4,6-8,10-11,13H,2,5,9,12H2,(H-,18,20,21,22);1H. The van der Waals surface area contributed by atoms with Crippen molar-refractivity contribution in [1.29, 1.82) is 0 Å². The highest BCUT2D eigenvalue weighted by molar-refractivity contribution is 5.93. The Labute approximate surface area is 145 Å². The van der Waals surface area contributed by atoms with Crippen LogP contribution in [0.1, 0.15) is 29.6 Å². The van der Waals surface area contributed by atoms with Gasteiger partial charge in [-0.1, -0.05) is 12.1 Å². The van der Waals surface area contributed by atoms with Crippen LogP contribution in [0, 0.1) is 0 Å². The monoisotopic (exact) mass is 378 g/mol. The molecule has 122 valence electrons. The Kier molecular flexibility index (Phi) is 7.97. The zero-order valence-corrected chi connectivity index (χ0v) is 14.2. The number of aromatic carboxylic acids is 1. The van der Waals surface area contributed by atoms with E-state index in [2.05, 4.69) is 9.88 Å². The fourth-order valence-corrected chi connectivity index (χ4v) is 2.12. The number of amides is 1. The third kappa shape index (κ3) is 6.61. The van der Waals surface area contributed by atoms with E-state index < -0.39 is 5.97 Å². The number of nitrogens with zero attached hydrogens (tertiary/aromatic N) is 1. The quantitative estimate of drug-likeness (QED) is 0.503. The minimum absolute atomic E-state index is 0. The Morgan fingerprint density at radius 3 is 2.48 bits per heavy atom. The topological polar surface area (TPSA) is 70.3 Å². The molecule has 2 aromatic rings. The van der Waals surface area contributed by atoms with Crippen molar-refractivity contribution >= 4 is 17.6 Å². The maximum atomic E-state index is 11.8. The van der Waals surface area contributed by atoms with Crippen LogP contribution in [-0.4, -0.2) is 17.0 Å².